The van der Waals surface area contributed by atoms with Crippen LogP contribution in [0.4, 0.5) is 0 Å². The molecule has 0 bridgehead atoms. The normalized spacial score (nSPS) is 18.5. The zero-order chi connectivity index (χ0) is 14.8. The van der Waals surface area contributed by atoms with Gasteiger partial charge in [-0.2, -0.15) is 0 Å². The lowest BCUT2D eigenvalue weighted by atomic mass is 10.1. The molecule has 2 aliphatic rings. The summed E-state index contributed by atoms with van der Waals surface area (Å²) in [5, 5.41) is 0. The Hall–Kier alpha value is -1.97. The van der Waals surface area contributed by atoms with Crippen molar-refractivity contribution >= 4 is 5.91 Å². The SMILES string of the molecule is C=CC(=O)N(C1CC1)C(C)c1ccc2c(c1)OCCCO2. The zero-order valence-electron chi connectivity index (χ0n) is 12.4. The second kappa shape index (κ2) is 5.80. The Bertz CT molecular complexity index is 551. The lowest BCUT2D eigenvalue weighted by Crippen LogP contribution is -2.34. The van der Waals surface area contributed by atoms with Crippen LogP contribution in [0, 0.1) is 0 Å². The van der Waals surface area contributed by atoms with Crippen LogP contribution in [-0.4, -0.2) is 30.1 Å². The lowest BCUT2D eigenvalue weighted by molar-refractivity contribution is -0.128. The summed E-state index contributed by atoms with van der Waals surface area (Å²) in [5.41, 5.74) is 1.07. The highest BCUT2D eigenvalue weighted by molar-refractivity contribution is 5.87. The van der Waals surface area contributed by atoms with E-state index < -0.39 is 0 Å². The number of rotatable bonds is 4. The summed E-state index contributed by atoms with van der Waals surface area (Å²) in [7, 11) is 0. The summed E-state index contributed by atoms with van der Waals surface area (Å²) in [6, 6.07) is 6.32. The van der Waals surface area contributed by atoms with Crippen LogP contribution in [-0.2, 0) is 4.79 Å². The number of nitrogens with zero attached hydrogens (tertiary/aromatic N) is 1. The first kappa shape index (κ1) is 14.0. The monoisotopic (exact) mass is 287 g/mol. The Morgan fingerprint density at radius 3 is 2.71 bits per heavy atom. The van der Waals surface area contributed by atoms with E-state index in [1.807, 2.05) is 23.1 Å². The van der Waals surface area contributed by atoms with Crippen molar-refractivity contribution < 1.29 is 14.3 Å². The van der Waals surface area contributed by atoms with Gasteiger partial charge in [-0.25, -0.2) is 0 Å². The summed E-state index contributed by atoms with van der Waals surface area (Å²) in [6.45, 7) is 7.02. The second-order valence-electron chi connectivity index (χ2n) is 5.61. The van der Waals surface area contributed by atoms with E-state index in [1.165, 1.54) is 6.08 Å². The minimum Gasteiger partial charge on any atom is -0.490 e. The van der Waals surface area contributed by atoms with Crippen molar-refractivity contribution in [1.82, 2.24) is 4.90 Å². The van der Waals surface area contributed by atoms with Crippen molar-refractivity contribution in [3.05, 3.63) is 36.4 Å². The summed E-state index contributed by atoms with van der Waals surface area (Å²) in [4.78, 5) is 14.0. The molecule has 0 spiro atoms. The number of hydrogen-bond donors (Lipinski definition) is 0. The maximum absolute atomic E-state index is 12.1. The highest BCUT2D eigenvalue weighted by Crippen LogP contribution is 2.38. The number of carbonyl (C=O) groups excluding carboxylic acids is 1. The Morgan fingerprint density at radius 2 is 2.05 bits per heavy atom. The van der Waals surface area contributed by atoms with Gasteiger partial charge in [0.1, 0.15) is 0 Å². The van der Waals surface area contributed by atoms with E-state index in [4.69, 9.17) is 9.47 Å². The predicted molar refractivity (Wildman–Crippen MR) is 80.5 cm³/mol. The van der Waals surface area contributed by atoms with Crippen LogP contribution in [0.25, 0.3) is 0 Å². The number of amides is 1. The molecular formula is C17H21NO3. The first-order valence-electron chi connectivity index (χ1n) is 7.55. The Labute approximate surface area is 125 Å². The molecule has 1 fully saturated rings. The molecule has 4 heteroatoms. The average molecular weight is 287 g/mol. The van der Waals surface area contributed by atoms with E-state index in [0.29, 0.717) is 19.3 Å². The van der Waals surface area contributed by atoms with Crippen molar-refractivity contribution in [3.63, 3.8) is 0 Å². The van der Waals surface area contributed by atoms with Gasteiger partial charge in [0, 0.05) is 12.5 Å². The van der Waals surface area contributed by atoms with Gasteiger partial charge in [-0.1, -0.05) is 12.6 Å². The van der Waals surface area contributed by atoms with Gasteiger partial charge >= 0.3 is 0 Å². The van der Waals surface area contributed by atoms with E-state index in [-0.39, 0.29) is 11.9 Å². The van der Waals surface area contributed by atoms with Gasteiger partial charge in [0.05, 0.1) is 19.3 Å². The van der Waals surface area contributed by atoms with Crippen LogP contribution >= 0.6 is 0 Å². The van der Waals surface area contributed by atoms with Crippen molar-refractivity contribution in [1.29, 1.82) is 0 Å². The number of benzene rings is 1. The molecular weight excluding hydrogens is 266 g/mol. The summed E-state index contributed by atoms with van der Waals surface area (Å²) < 4.78 is 11.4. The molecule has 1 amide bonds. The fourth-order valence-corrected chi connectivity index (χ4v) is 2.75. The molecule has 1 aliphatic heterocycles. The molecule has 1 atom stereocenters. The Balaban J connectivity index is 1.86. The van der Waals surface area contributed by atoms with E-state index in [9.17, 15) is 4.79 Å². The van der Waals surface area contributed by atoms with E-state index in [1.54, 1.807) is 0 Å². The number of ether oxygens (including phenoxy) is 2. The van der Waals surface area contributed by atoms with Crippen molar-refractivity contribution in [2.24, 2.45) is 0 Å². The third kappa shape index (κ3) is 2.89. The minimum absolute atomic E-state index is 0.00267. The number of hydrogen-bond acceptors (Lipinski definition) is 3. The molecule has 1 aromatic carbocycles. The van der Waals surface area contributed by atoms with Crippen LogP contribution in [0.2, 0.25) is 0 Å². The quantitative estimate of drug-likeness (QED) is 0.799. The van der Waals surface area contributed by atoms with Crippen LogP contribution in [0.15, 0.2) is 30.9 Å². The number of fused-ring (bicyclic) bond motifs is 1. The average Bonchev–Trinajstić information content (AvgIpc) is 3.33. The molecule has 21 heavy (non-hydrogen) atoms. The van der Waals surface area contributed by atoms with Crippen molar-refractivity contribution in [3.8, 4) is 11.5 Å². The highest BCUT2D eigenvalue weighted by atomic mass is 16.5. The molecule has 112 valence electrons. The molecule has 3 rings (SSSR count). The van der Waals surface area contributed by atoms with Crippen LogP contribution < -0.4 is 9.47 Å². The number of carbonyl (C=O) groups is 1. The molecule has 0 saturated heterocycles. The molecule has 0 N–H and O–H groups in total. The molecule has 1 heterocycles. The minimum atomic E-state index is -0.00267. The molecule has 0 radical (unpaired) electrons. The standard InChI is InChI=1S/C17H21NO3/c1-3-17(19)18(14-6-7-14)12(2)13-5-8-15-16(11-13)21-10-4-9-20-15/h3,5,8,11-12,14H,1,4,6-7,9-10H2,2H3. The summed E-state index contributed by atoms with van der Waals surface area (Å²) in [6.07, 6.45) is 4.45. The molecule has 1 aromatic rings. The highest BCUT2D eigenvalue weighted by Gasteiger charge is 2.35. The zero-order valence-corrected chi connectivity index (χ0v) is 12.4. The van der Waals surface area contributed by atoms with E-state index in [0.717, 1.165) is 36.3 Å². The molecule has 1 aliphatic carbocycles. The van der Waals surface area contributed by atoms with Gasteiger partial charge < -0.3 is 14.4 Å². The van der Waals surface area contributed by atoms with Crippen LogP contribution in [0.1, 0.15) is 37.8 Å². The first-order chi connectivity index (χ1) is 10.2. The van der Waals surface area contributed by atoms with Crippen molar-refractivity contribution in [2.75, 3.05) is 13.2 Å². The molecule has 1 saturated carbocycles. The van der Waals surface area contributed by atoms with E-state index >= 15 is 0 Å². The molecule has 1 unspecified atom stereocenters. The Kier molecular flexibility index (Phi) is 3.86. The first-order valence-corrected chi connectivity index (χ1v) is 7.55. The van der Waals surface area contributed by atoms with Gasteiger partial charge in [-0.15, -0.1) is 0 Å². The van der Waals surface area contributed by atoms with Crippen LogP contribution in [0.5, 0.6) is 11.5 Å². The van der Waals surface area contributed by atoms with Gasteiger partial charge in [0.15, 0.2) is 11.5 Å². The van der Waals surface area contributed by atoms with Gasteiger partial charge in [-0.05, 0) is 43.5 Å². The predicted octanol–water partition coefficient (Wildman–Crippen LogP) is 3.09. The summed E-state index contributed by atoms with van der Waals surface area (Å²) >= 11 is 0. The fraction of sp³-hybridized carbons (Fsp3) is 0.471. The van der Waals surface area contributed by atoms with Gasteiger partial charge in [0.25, 0.3) is 0 Å². The smallest absolute Gasteiger partial charge is 0.246 e. The topological polar surface area (TPSA) is 38.8 Å². The maximum Gasteiger partial charge on any atom is 0.246 e. The van der Waals surface area contributed by atoms with Crippen molar-refractivity contribution in [2.45, 2.75) is 38.3 Å². The molecule has 0 aromatic heterocycles. The third-order valence-corrected chi connectivity index (χ3v) is 4.04. The Morgan fingerprint density at radius 1 is 1.33 bits per heavy atom. The third-order valence-electron chi connectivity index (χ3n) is 4.04. The van der Waals surface area contributed by atoms with Crippen LogP contribution in [0.3, 0.4) is 0 Å². The van der Waals surface area contributed by atoms with Gasteiger partial charge in [0.2, 0.25) is 5.91 Å². The van der Waals surface area contributed by atoms with Gasteiger partial charge in [-0.3, -0.25) is 4.79 Å². The molecule has 4 nitrogen and oxygen atoms in total. The fourth-order valence-electron chi connectivity index (χ4n) is 2.75. The second-order valence-corrected chi connectivity index (χ2v) is 5.61. The summed E-state index contributed by atoms with van der Waals surface area (Å²) in [5.74, 6) is 1.56. The lowest BCUT2D eigenvalue weighted by Gasteiger charge is -2.29. The largest absolute Gasteiger partial charge is 0.490 e. The van der Waals surface area contributed by atoms with E-state index in [2.05, 4.69) is 13.5 Å². The maximum atomic E-state index is 12.1.